The highest BCUT2D eigenvalue weighted by Crippen LogP contribution is 2.69. The molecule has 0 aromatic heterocycles. The molecule has 0 bridgehead atoms. The van der Waals surface area contributed by atoms with Gasteiger partial charge in [-0.05, 0) is 12.2 Å². The number of hydrogen-bond donors (Lipinski definition) is 7. The minimum atomic E-state index is -5.42. The maximum absolute atomic E-state index is 11.0. The van der Waals surface area contributed by atoms with Crippen molar-refractivity contribution in [1.82, 2.24) is 5.32 Å². The summed E-state index contributed by atoms with van der Waals surface area (Å²) in [5, 5.41) is 8.43. The van der Waals surface area contributed by atoms with Gasteiger partial charge in [-0.25, -0.2) is 0 Å². The molecule has 0 aliphatic rings. The third-order valence-electron chi connectivity index (χ3n) is 2.28. The molecule has 0 heterocycles. The van der Waals surface area contributed by atoms with Gasteiger partial charge in [0, 0.05) is 19.4 Å². The average molecular weight is 337 g/mol. The van der Waals surface area contributed by atoms with Crippen LogP contribution in [0.15, 0.2) is 0 Å². The molecule has 1 amide bonds. The Balaban J connectivity index is 4.53. The Morgan fingerprint density at radius 1 is 1.16 bits per heavy atom. The Kier molecular flexibility index (Phi) is 7.22. The molecule has 12 heteroatoms. The Morgan fingerprint density at radius 3 is 2.00 bits per heavy atom. The quantitative estimate of drug-likeness (QED) is 0.172. The van der Waals surface area contributed by atoms with E-state index in [1.165, 1.54) is 0 Å². The third-order valence-corrected chi connectivity index (χ3v) is 6.38. The van der Waals surface area contributed by atoms with Gasteiger partial charge in [0.15, 0.2) is 0 Å². The number of hydrogen-bond acceptors (Lipinski definition) is 5. The van der Waals surface area contributed by atoms with E-state index in [2.05, 4.69) is 17.9 Å². The molecule has 19 heavy (non-hydrogen) atoms. The number of carbonyl (C=O) groups is 1. The summed E-state index contributed by atoms with van der Waals surface area (Å²) in [4.78, 5) is 46.4. The minimum absolute atomic E-state index is 0.0745. The maximum atomic E-state index is 11.0. The van der Waals surface area contributed by atoms with Crippen molar-refractivity contribution in [2.24, 2.45) is 0 Å². The highest BCUT2D eigenvalue weighted by atomic mass is 32.1. The summed E-state index contributed by atoms with van der Waals surface area (Å²) >= 11 is 3.82. The van der Waals surface area contributed by atoms with Crippen molar-refractivity contribution in [1.29, 1.82) is 0 Å². The molecule has 0 aromatic rings. The van der Waals surface area contributed by atoms with Gasteiger partial charge in [-0.1, -0.05) is 0 Å². The Labute approximate surface area is 115 Å². The van der Waals surface area contributed by atoms with E-state index in [0.29, 0.717) is 5.75 Å². The van der Waals surface area contributed by atoms with Crippen LogP contribution in [0.3, 0.4) is 0 Å². The predicted octanol–water partition coefficient (Wildman–Crippen LogP) is -0.796. The van der Waals surface area contributed by atoms with Crippen LogP contribution in [-0.4, -0.2) is 48.0 Å². The first kappa shape index (κ1) is 19.1. The molecule has 0 fully saturated rings. The van der Waals surface area contributed by atoms with Crippen LogP contribution in [0.2, 0.25) is 0 Å². The molecule has 0 aromatic carbocycles. The van der Waals surface area contributed by atoms with Gasteiger partial charge in [0.25, 0.3) is 5.08 Å². The van der Waals surface area contributed by atoms with Gasteiger partial charge >= 0.3 is 15.2 Å². The summed E-state index contributed by atoms with van der Waals surface area (Å²) in [6, 6.07) is 0. The lowest BCUT2D eigenvalue weighted by atomic mass is 10.3. The Morgan fingerprint density at radius 2 is 1.63 bits per heavy atom. The lowest BCUT2D eigenvalue weighted by molar-refractivity contribution is -0.120. The molecule has 0 saturated carbocycles. The van der Waals surface area contributed by atoms with Crippen molar-refractivity contribution in [3.63, 3.8) is 0 Å². The molecule has 9 nitrogen and oxygen atoms in total. The first-order chi connectivity index (χ1) is 8.45. The Hall–Kier alpha value is 0.0800. The first-order valence-electron chi connectivity index (χ1n) is 5.17. The summed E-state index contributed by atoms with van der Waals surface area (Å²) < 4.78 is 22.0. The Bertz CT molecular complexity index is 382. The van der Waals surface area contributed by atoms with Crippen LogP contribution in [-0.2, 0) is 13.9 Å². The van der Waals surface area contributed by atoms with Crippen LogP contribution in [0.5, 0.6) is 0 Å². The second-order valence-corrected chi connectivity index (χ2v) is 8.25. The maximum Gasteiger partial charge on any atom is 0.369 e. The van der Waals surface area contributed by atoms with E-state index >= 15 is 0 Å². The molecule has 0 spiro atoms. The lowest BCUT2D eigenvalue weighted by Gasteiger charge is -2.29. The van der Waals surface area contributed by atoms with E-state index in [1.54, 1.807) is 0 Å². The van der Waals surface area contributed by atoms with Gasteiger partial charge in [-0.3, -0.25) is 13.9 Å². The summed E-state index contributed by atoms with van der Waals surface area (Å²) in [5.74, 6) is -0.0355. The number of rotatable bonds is 8. The molecule has 0 aliphatic carbocycles. The minimum Gasteiger partial charge on any atom is -0.368 e. The fraction of sp³-hybridized carbons (Fsp3) is 0.857. The van der Waals surface area contributed by atoms with Crippen LogP contribution in [0, 0.1) is 0 Å². The molecule has 0 atom stereocenters. The van der Waals surface area contributed by atoms with Crippen LogP contribution in [0.25, 0.3) is 0 Å². The summed E-state index contributed by atoms with van der Waals surface area (Å²) in [5.41, 5.74) is 0. The van der Waals surface area contributed by atoms with Crippen molar-refractivity contribution in [3.05, 3.63) is 0 Å². The monoisotopic (exact) mass is 337 g/mol. The zero-order chi connectivity index (χ0) is 15.3. The van der Waals surface area contributed by atoms with Gasteiger partial charge in [-0.2, -0.15) is 12.6 Å². The highest BCUT2D eigenvalue weighted by molar-refractivity contribution is 7.80. The van der Waals surface area contributed by atoms with Crippen LogP contribution in [0.1, 0.15) is 19.3 Å². The number of thiol groups is 1. The van der Waals surface area contributed by atoms with E-state index in [0.717, 1.165) is 0 Å². The SMILES string of the molecule is O=C(CCS)NCCCC(O)(P(=O)(O)O)P(=O)(O)O. The molecule has 0 radical (unpaired) electrons. The highest BCUT2D eigenvalue weighted by Gasteiger charge is 2.58. The van der Waals surface area contributed by atoms with Crippen molar-refractivity contribution in [3.8, 4) is 0 Å². The van der Waals surface area contributed by atoms with Crippen molar-refractivity contribution in [2.75, 3.05) is 12.3 Å². The summed E-state index contributed by atoms with van der Waals surface area (Å²) in [7, 11) is -10.8. The second-order valence-electron chi connectivity index (χ2n) is 3.79. The lowest BCUT2D eigenvalue weighted by Crippen LogP contribution is -2.31. The third kappa shape index (κ3) is 5.53. The van der Waals surface area contributed by atoms with Crippen LogP contribution < -0.4 is 5.32 Å². The standard InChI is InChI=1S/C7H17NO8P2S/c9-6(2-5-19)8-4-1-3-7(10,17(11,12)13)18(14,15)16/h10,19H,1-5H2,(H,8,9)(H2,11,12,13)(H2,14,15,16). The molecule has 114 valence electrons. The van der Waals surface area contributed by atoms with Gasteiger partial charge < -0.3 is 30.0 Å². The fourth-order valence-corrected chi connectivity index (χ4v) is 3.66. The fourth-order valence-electron chi connectivity index (χ4n) is 1.20. The molecule has 0 aliphatic heterocycles. The van der Waals surface area contributed by atoms with Crippen LogP contribution >= 0.6 is 27.8 Å². The number of amides is 1. The van der Waals surface area contributed by atoms with Crippen molar-refractivity contribution in [2.45, 2.75) is 24.3 Å². The van der Waals surface area contributed by atoms with Gasteiger partial charge in [0.2, 0.25) is 5.91 Å². The van der Waals surface area contributed by atoms with E-state index in [4.69, 9.17) is 19.6 Å². The summed E-state index contributed by atoms with van der Waals surface area (Å²) in [6.45, 7) is -0.0745. The zero-order valence-corrected chi connectivity index (χ0v) is 12.5. The molecular weight excluding hydrogens is 320 g/mol. The smallest absolute Gasteiger partial charge is 0.368 e. The molecule has 0 unspecified atom stereocenters. The zero-order valence-electron chi connectivity index (χ0n) is 9.84. The topological polar surface area (TPSA) is 164 Å². The molecule has 0 rings (SSSR count). The summed E-state index contributed by atoms with van der Waals surface area (Å²) in [6.07, 6.45) is -0.905. The average Bonchev–Trinajstić information content (AvgIpc) is 2.21. The van der Waals surface area contributed by atoms with Gasteiger partial charge in [0.05, 0.1) is 0 Å². The number of aliphatic hydroxyl groups is 1. The number of carbonyl (C=O) groups excluding carboxylic acids is 1. The van der Waals surface area contributed by atoms with E-state index < -0.39 is 26.7 Å². The largest absolute Gasteiger partial charge is 0.369 e. The molecule has 0 saturated heterocycles. The molecular formula is C7H17NO8P2S. The van der Waals surface area contributed by atoms with Crippen molar-refractivity contribution >= 4 is 33.7 Å². The normalized spacial score (nSPS) is 13.4. The first-order valence-corrected chi connectivity index (χ1v) is 9.02. The second kappa shape index (κ2) is 7.19. The number of nitrogens with one attached hydrogen (secondary N) is 1. The van der Waals surface area contributed by atoms with E-state index in [-0.39, 0.29) is 25.3 Å². The van der Waals surface area contributed by atoms with Gasteiger partial charge in [-0.15, -0.1) is 0 Å². The predicted molar refractivity (Wildman–Crippen MR) is 69.8 cm³/mol. The van der Waals surface area contributed by atoms with Gasteiger partial charge in [0.1, 0.15) is 0 Å². The van der Waals surface area contributed by atoms with Crippen LogP contribution in [0.4, 0.5) is 0 Å². The van der Waals surface area contributed by atoms with E-state index in [9.17, 15) is 19.0 Å². The van der Waals surface area contributed by atoms with E-state index in [1.807, 2.05) is 0 Å². The molecule has 6 N–H and O–H groups in total. The van der Waals surface area contributed by atoms with Crippen molar-refractivity contribution < 1.29 is 38.6 Å².